The summed E-state index contributed by atoms with van der Waals surface area (Å²) in [5.41, 5.74) is 5.70. The van der Waals surface area contributed by atoms with Gasteiger partial charge < -0.3 is 15.5 Å². The van der Waals surface area contributed by atoms with Gasteiger partial charge >= 0.3 is 0 Å². The fourth-order valence-corrected chi connectivity index (χ4v) is 4.29. The van der Waals surface area contributed by atoms with E-state index in [1.807, 2.05) is 9.80 Å². The molecule has 0 aromatic carbocycles. The molecule has 0 spiro atoms. The molecule has 1 saturated carbocycles. The minimum atomic E-state index is -0.332. The Morgan fingerprint density at radius 3 is 2.57 bits per heavy atom. The van der Waals surface area contributed by atoms with Gasteiger partial charge in [-0.15, -0.1) is 0 Å². The van der Waals surface area contributed by atoms with E-state index in [9.17, 15) is 9.59 Å². The molecule has 118 valence electrons. The van der Waals surface area contributed by atoms with Gasteiger partial charge in [-0.3, -0.25) is 9.59 Å². The van der Waals surface area contributed by atoms with Crippen LogP contribution in [0.1, 0.15) is 51.4 Å². The Labute approximate surface area is 126 Å². The van der Waals surface area contributed by atoms with E-state index in [0.29, 0.717) is 32.6 Å². The zero-order valence-electron chi connectivity index (χ0n) is 12.9. The fraction of sp³-hybridized carbons (Fsp3) is 0.875. The standard InChI is InChI=1S/C16H27N3O2/c17-12-16(7-3-1-2-4-8-16)15(21)18-9-10-19-13(11-18)5-6-14(19)20/h13H,1-12,17H2. The first-order chi connectivity index (χ1) is 10.2. The highest BCUT2D eigenvalue weighted by molar-refractivity contribution is 5.84. The van der Waals surface area contributed by atoms with Gasteiger partial charge in [-0.2, -0.15) is 0 Å². The molecule has 1 unspecified atom stereocenters. The summed E-state index contributed by atoms with van der Waals surface area (Å²) in [5.74, 6) is 0.515. The van der Waals surface area contributed by atoms with Crippen LogP contribution in [-0.4, -0.2) is 53.8 Å². The maximum Gasteiger partial charge on any atom is 0.230 e. The minimum Gasteiger partial charge on any atom is -0.338 e. The van der Waals surface area contributed by atoms with Crippen molar-refractivity contribution in [3.8, 4) is 0 Å². The van der Waals surface area contributed by atoms with E-state index in [1.54, 1.807) is 0 Å². The summed E-state index contributed by atoms with van der Waals surface area (Å²) in [6.45, 7) is 2.57. The maximum absolute atomic E-state index is 13.1. The molecule has 2 N–H and O–H groups in total. The lowest BCUT2D eigenvalue weighted by molar-refractivity contribution is -0.147. The Hall–Kier alpha value is -1.10. The number of nitrogens with two attached hydrogens (primary N) is 1. The van der Waals surface area contributed by atoms with Gasteiger partial charge in [0.15, 0.2) is 0 Å². The quantitative estimate of drug-likeness (QED) is 0.776. The molecular formula is C16H27N3O2. The van der Waals surface area contributed by atoms with E-state index < -0.39 is 0 Å². The molecule has 3 aliphatic rings. The van der Waals surface area contributed by atoms with Crippen LogP contribution in [-0.2, 0) is 9.59 Å². The molecule has 0 aromatic heterocycles. The third-order valence-corrected chi connectivity index (χ3v) is 5.69. The lowest BCUT2D eigenvalue weighted by Crippen LogP contribution is -2.57. The SMILES string of the molecule is NCC1(C(=O)N2CCN3C(=O)CCC3C2)CCCCCC1. The lowest BCUT2D eigenvalue weighted by Gasteiger charge is -2.42. The summed E-state index contributed by atoms with van der Waals surface area (Å²) in [5, 5.41) is 0. The van der Waals surface area contributed by atoms with Crippen molar-refractivity contribution in [3.63, 3.8) is 0 Å². The molecule has 2 amide bonds. The number of hydrogen-bond acceptors (Lipinski definition) is 3. The van der Waals surface area contributed by atoms with Crippen molar-refractivity contribution in [2.24, 2.45) is 11.1 Å². The second kappa shape index (κ2) is 5.95. The lowest BCUT2D eigenvalue weighted by atomic mass is 9.78. The van der Waals surface area contributed by atoms with Crippen molar-refractivity contribution in [2.75, 3.05) is 26.2 Å². The number of amides is 2. The average molecular weight is 293 g/mol. The monoisotopic (exact) mass is 293 g/mol. The van der Waals surface area contributed by atoms with Crippen LogP contribution in [0.4, 0.5) is 0 Å². The van der Waals surface area contributed by atoms with Crippen LogP contribution < -0.4 is 5.73 Å². The van der Waals surface area contributed by atoms with Crippen LogP contribution in [0.3, 0.4) is 0 Å². The van der Waals surface area contributed by atoms with Gasteiger partial charge in [0, 0.05) is 38.6 Å². The molecule has 21 heavy (non-hydrogen) atoms. The van der Waals surface area contributed by atoms with Crippen molar-refractivity contribution < 1.29 is 9.59 Å². The maximum atomic E-state index is 13.1. The summed E-state index contributed by atoms with van der Waals surface area (Å²) in [6, 6.07) is 0.246. The Morgan fingerprint density at radius 2 is 1.90 bits per heavy atom. The molecule has 1 aliphatic carbocycles. The molecular weight excluding hydrogens is 266 g/mol. The Bertz CT molecular complexity index is 416. The van der Waals surface area contributed by atoms with Crippen molar-refractivity contribution >= 4 is 11.8 Å². The van der Waals surface area contributed by atoms with Crippen molar-refractivity contribution in [2.45, 2.75) is 57.4 Å². The molecule has 2 heterocycles. The zero-order valence-corrected chi connectivity index (χ0v) is 12.9. The van der Waals surface area contributed by atoms with Crippen LogP contribution in [0.5, 0.6) is 0 Å². The Balaban J connectivity index is 1.70. The van der Waals surface area contributed by atoms with Crippen LogP contribution in [0.15, 0.2) is 0 Å². The van der Waals surface area contributed by atoms with Gasteiger partial charge in [-0.1, -0.05) is 25.7 Å². The number of piperazine rings is 1. The number of rotatable bonds is 2. The molecule has 3 rings (SSSR count). The van der Waals surface area contributed by atoms with Crippen LogP contribution >= 0.6 is 0 Å². The third kappa shape index (κ3) is 2.68. The zero-order chi connectivity index (χ0) is 14.9. The molecule has 1 atom stereocenters. The summed E-state index contributed by atoms with van der Waals surface area (Å²) < 4.78 is 0. The number of fused-ring (bicyclic) bond motifs is 1. The predicted molar refractivity (Wildman–Crippen MR) is 80.5 cm³/mol. The van der Waals surface area contributed by atoms with Gasteiger partial charge in [-0.05, 0) is 19.3 Å². The van der Waals surface area contributed by atoms with E-state index in [-0.39, 0.29) is 23.3 Å². The van der Waals surface area contributed by atoms with E-state index in [4.69, 9.17) is 5.73 Å². The summed E-state index contributed by atoms with van der Waals surface area (Å²) in [7, 11) is 0. The normalized spacial score (nSPS) is 29.2. The molecule has 5 nitrogen and oxygen atoms in total. The molecule has 0 radical (unpaired) electrons. The van der Waals surface area contributed by atoms with Gasteiger partial charge in [-0.25, -0.2) is 0 Å². The molecule has 0 aromatic rings. The Morgan fingerprint density at radius 1 is 1.19 bits per heavy atom. The summed E-state index contributed by atoms with van der Waals surface area (Å²) in [6.07, 6.45) is 8.10. The number of nitrogens with zero attached hydrogens (tertiary/aromatic N) is 2. The van der Waals surface area contributed by atoms with Gasteiger partial charge in [0.1, 0.15) is 0 Å². The number of carbonyl (C=O) groups is 2. The Kier molecular flexibility index (Phi) is 4.20. The van der Waals surface area contributed by atoms with Gasteiger partial charge in [0.05, 0.1) is 5.41 Å². The molecule has 3 fully saturated rings. The number of carbonyl (C=O) groups excluding carboxylic acids is 2. The highest BCUT2D eigenvalue weighted by atomic mass is 16.2. The van der Waals surface area contributed by atoms with Crippen LogP contribution in [0, 0.1) is 5.41 Å². The first kappa shape index (κ1) is 14.8. The van der Waals surface area contributed by atoms with Gasteiger partial charge in [0.25, 0.3) is 0 Å². The minimum absolute atomic E-state index is 0.246. The van der Waals surface area contributed by atoms with Crippen LogP contribution in [0.25, 0.3) is 0 Å². The predicted octanol–water partition coefficient (Wildman–Crippen LogP) is 1.12. The molecule has 0 bridgehead atoms. The van der Waals surface area contributed by atoms with Crippen LogP contribution in [0.2, 0.25) is 0 Å². The average Bonchev–Trinajstić information content (AvgIpc) is 2.74. The van der Waals surface area contributed by atoms with Crippen molar-refractivity contribution in [1.29, 1.82) is 0 Å². The van der Waals surface area contributed by atoms with E-state index in [1.165, 1.54) is 12.8 Å². The molecule has 5 heteroatoms. The fourth-order valence-electron chi connectivity index (χ4n) is 4.29. The van der Waals surface area contributed by atoms with Gasteiger partial charge in [0.2, 0.25) is 11.8 Å². The van der Waals surface area contributed by atoms with Crippen molar-refractivity contribution in [1.82, 2.24) is 9.80 Å². The van der Waals surface area contributed by atoms with E-state index >= 15 is 0 Å². The topological polar surface area (TPSA) is 66.6 Å². The first-order valence-electron chi connectivity index (χ1n) is 8.45. The second-order valence-corrected chi connectivity index (χ2v) is 6.93. The molecule has 2 aliphatic heterocycles. The van der Waals surface area contributed by atoms with E-state index in [2.05, 4.69) is 0 Å². The number of hydrogen-bond donors (Lipinski definition) is 1. The van der Waals surface area contributed by atoms with E-state index in [0.717, 1.165) is 32.1 Å². The smallest absolute Gasteiger partial charge is 0.230 e. The highest BCUT2D eigenvalue weighted by Crippen LogP contribution is 2.37. The largest absolute Gasteiger partial charge is 0.338 e. The summed E-state index contributed by atoms with van der Waals surface area (Å²) >= 11 is 0. The molecule has 2 saturated heterocycles. The second-order valence-electron chi connectivity index (χ2n) is 6.93. The summed E-state index contributed by atoms with van der Waals surface area (Å²) in [4.78, 5) is 28.8. The first-order valence-corrected chi connectivity index (χ1v) is 8.45. The highest BCUT2D eigenvalue weighted by Gasteiger charge is 2.44. The van der Waals surface area contributed by atoms with Crippen molar-refractivity contribution in [3.05, 3.63) is 0 Å². The third-order valence-electron chi connectivity index (χ3n) is 5.69.